The highest BCUT2D eigenvalue weighted by molar-refractivity contribution is 5.95. The number of aryl methyl sites for hydroxylation is 1. The maximum atomic E-state index is 12.3. The molecule has 19 heavy (non-hydrogen) atoms. The molecule has 0 aromatic carbocycles. The predicted octanol–water partition coefficient (Wildman–Crippen LogP) is 0.688. The van der Waals surface area contributed by atoms with Gasteiger partial charge in [0.25, 0.3) is 5.91 Å². The van der Waals surface area contributed by atoms with Crippen LogP contribution in [0.5, 0.6) is 0 Å². The number of nitrogens with zero attached hydrogens (tertiary/aromatic N) is 2. The molecule has 1 aliphatic rings. The second kappa shape index (κ2) is 6.68. The number of nitrogens with two attached hydrogens (primary N) is 1. The minimum absolute atomic E-state index is 0.0617. The Balaban J connectivity index is 1.80. The van der Waals surface area contributed by atoms with Gasteiger partial charge in [0.1, 0.15) is 0 Å². The van der Waals surface area contributed by atoms with Crippen LogP contribution in [0.3, 0.4) is 0 Å². The molecule has 0 radical (unpaired) electrons. The Morgan fingerprint density at radius 1 is 1.58 bits per heavy atom. The lowest BCUT2D eigenvalue weighted by molar-refractivity contribution is 0.00843. The Morgan fingerprint density at radius 3 is 2.89 bits per heavy atom. The van der Waals surface area contributed by atoms with Crippen LogP contribution in [-0.2, 0) is 4.74 Å². The molecule has 6 nitrogen and oxygen atoms in total. The van der Waals surface area contributed by atoms with Crippen LogP contribution in [0.15, 0.2) is 6.20 Å². The summed E-state index contributed by atoms with van der Waals surface area (Å²) in [6.07, 6.45) is 4.55. The zero-order valence-corrected chi connectivity index (χ0v) is 11.4. The Morgan fingerprint density at radius 2 is 2.32 bits per heavy atom. The minimum Gasteiger partial charge on any atom is -0.378 e. The van der Waals surface area contributed by atoms with Gasteiger partial charge in [-0.25, -0.2) is 0 Å². The summed E-state index contributed by atoms with van der Waals surface area (Å²) < 4.78 is 5.73. The van der Waals surface area contributed by atoms with Crippen LogP contribution in [0.2, 0.25) is 0 Å². The average molecular weight is 266 g/mol. The number of ether oxygens (including phenoxy) is 1. The van der Waals surface area contributed by atoms with Crippen LogP contribution in [0.1, 0.15) is 35.3 Å². The normalized spacial score (nSPS) is 16.8. The molecule has 106 valence electrons. The van der Waals surface area contributed by atoms with Gasteiger partial charge in [0, 0.05) is 25.4 Å². The summed E-state index contributed by atoms with van der Waals surface area (Å²) in [6.45, 7) is 4.74. The highest BCUT2D eigenvalue weighted by Crippen LogP contribution is 2.17. The highest BCUT2D eigenvalue weighted by Gasteiger charge is 2.25. The molecule has 1 fully saturated rings. The van der Waals surface area contributed by atoms with E-state index >= 15 is 0 Å². The van der Waals surface area contributed by atoms with Crippen molar-refractivity contribution >= 4 is 5.91 Å². The summed E-state index contributed by atoms with van der Waals surface area (Å²) in [6, 6.07) is 0. The topological polar surface area (TPSA) is 84.2 Å². The number of piperidine rings is 1. The number of aromatic amines is 1. The largest absolute Gasteiger partial charge is 0.378 e. The van der Waals surface area contributed by atoms with Gasteiger partial charge in [0.15, 0.2) is 0 Å². The highest BCUT2D eigenvalue weighted by atomic mass is 16.5. The van der Waals surface area contributed by atoms with E-state index in [1.54, 1.807) is 6.20 Å². The maximum Gasteiger partial charge on any atom is 0.257 e. The third-order valence-corrected chi connectivity index (χ3v) is 3.49. The molecular weight excluding hydrogens is 244 g/mol. The molecule has 1 amide bonds. The summed E-state index contributed by atoms with van der Waals surface area (Å²) in [7, 11) is 0. The van der Waals surface area contributed by atoms with Crippen molar-refractivity contribution in [1.82, 2.24) is 15.1 Å². The molecule has 1 saturated heterocycles. The van der Waals surface area contributed by atoms with Gasteiger partial charge >= 0.3 is 0 Å². The van der Waals surface area contributed by atoms with Crippen molar-refractivity contribution in [2.75, 3.05) is 26.2 Å². The van der Waals surface area contributed by atoms with Crippen LogP contribution >= 0.6 is 0 Å². The molecule has 0 atom stereocenters. The third-order valence-electron chi connectivity index (χ3n) is 3.49. The van der Waals surface area contributed by atoms with Crippen molar-refractivity contribution in [1.29, 1.82) is 0 Å². The van der Waals surface area contributed by atoms with Crippen molar-refractivity contribution in [3.05, 3.63) is 17.5 Å². The van der Waals surface area contributed by atoms with E-state index in [1.165, 1.54) is 0 Å². The van der Waals surface area contributed by atoms with Crippen molar-refractivity contribution in [2.45, 2.75) is 32.3 Å². The van der Waals surface area contributed by atoms with Crippen LogP contribution in [0.25, 0.3) is 0 Å². The molecule has 6 heteroatoms. The van der Waals surface area contributed by atoms with E-state index < -0.39 is 0 Å². The summed E-state index contributed by atoms with van der Waals surface area (Å²) in [4.78, 5) is 14.1. The fourth-order valence-corrected chi connectivity index (χ4v) is 2.30. The predicted molar refractivity (Wildman–Crippen MR) is 71.9 cm³/mol. The number of hydrogen-bond donors (Lipinski definition) is 2. The lowest BCUT2D eigenvalue weighted by Gasteiger charge is -2.31. The number of likely N-dealkylation sites (tertiary alicyclic amines) is 1. The first-order valence-electron chi connectivity index (χ1n) is 6.83. The summed E-state index contributed by atoms with van der Waals surface area (Å²) >= 11 is 0. The number of carbonyl (C=O) groups excluding carboxylic acids is 1. The lowest BCUT2D eigenvalue weighted by atomic mass is 10.1. The first-order chi connectivity index (χ1) is 9.22. The van der Waals surface area contributed by atoms with Crippen molar-refractivity contribution in [2.24, 2.45) is 5.73 Å². The summed E-state index contributed by atoms with van der Waals surface area (Å²) in [5.74, 6) is 0.0617. The van der Waals surface area contributed by atoms with Gasteiger partial charge < -0.3 is 15.4 Å². The number of rotatable bonds is 5. The summed E-state index contributed by atoms with van der Waals surface area (Å²) in [5.41, 5.74) is 6.93. The molecule has 3 N–H and O–H groups in total. The van der Waals surface area contributed by atoms with Gasteiger partial charge in [-0.05, 0) is 32.7 Å². The number of amides is 1. The number of nitrogens with one attached hydrogen (secondary N) is 1. The monoisotopic (exact) mass is 266 g/mol. The number of H-pyrrole nitrogens is 1. The molecule has 1 aromatic heterocycles. The molecular formula is C13H22N4O2. The zero-order chi connectivity index (χ0) is 13.7. The number of aromatic nitrogens is 2. The van der Waals surface area contributed by atoms with Gasteiger partial charge in [-0.15, -0.1) is 0 Å². The molecule has 0 unspecified atom stereocenters. The molecule has 0 spiro atoms. The quantitative estimate of drug-likeness (QED) is 0.768. The SMILES string of the molecule is Cc1[nH]ncc1C(=O)N1CCC(OCCCN)CC1. The standard InChI is InChI=1S/C13H22N4O2/c1-10-12(9-15-16-10)13(18)17-6-3-11(4-7-17)19-8-2-5-14/h9,11H,2-8,14H2,1H3,(H,15,16). The van der Waals surface area contributed by atoms with E-state index in [0.717, 1.165) is 44.7 Å². The van der Waals surface area contributed by atoms with Crippen LogP contribution in [-0.4, -0.2) is 53.3 Å². The van der Waals surface area contributed by atoms with E-state index in [4.69, 9.17) is 10.5 Å². The molecule has 0 saturated carbocycles. The Hall–Kier alpha value is -1.40. The van der Waals surface area contributed by atoms with E-state index in [2.05, 4.69) is 10.2 Å². The van der Waals surface area contributed by atoms with Crippen LogP contribution in [0.4, 0.5) is 0 Å². The van der Waals surface area contributed by atoms with E-state index in [-0.39, 0.29) is 12.0 Å². The average Bonchev–Trinajstić information content (AvgIpc) is 2.85. The minimum atomic E-state index is 0.0617. The van der Waals surface area contributed by atoms with Crippen molar-refractivity contribution in [3.8, 4) is 0 Å². The summed E-state index contributed by atoms with van der Waals surface area (Å²) in [5, 5.41) is 6.69. The zero-order valence-electron chi connectivity index (χ0n) is 11.4. The van der Waals surface area contributed by atoms with E-state index in [0.29, 0.717) is 12.1 Å². The van der Waals surface area contributed by atoms with E-state index in [1.807, 2.05) is 11.8 Å². The lowest BCUT2D eigenvalue weighted by Crippen LogP contribution is -2.41. The number of hydrogen-bond acceptors (Lipinski definition) is 4. The third kappa shape index (κ3) is 3.54. The molecule has 1 aliphatic heterocycles. The van der Waals surface area contributed by atoms with Gasteiger partial charge in [-0.2, -0.15) is 5.10 Å². The fourth-order valence-electron chi connectivity index (χ4n) is 2.30. The fraction of sp³-hybridized carbons (Fsp3) is 0.692. The molecule has 2 heterocycles. The van der Waals surface area contributed by atoms with Gasteiger partial charge in [0.05, 0.1) is 17.9 Å². The molecule has 2 rings (SSSR count). The van der Waals surface area contributed by atoms with Crippen LogP contribution in [0, 0.1) is 6.92 Å². The Kier molecular flexibility index (Phi) is 4.93. The number of carbonyl (C=O) groups is 1. The van der Waals surface area contributed by atoms with Gasteiger partial charge in [0.2, 0.25) is 0 Å². The second-order valence-electron chi connectivity index (χ2n) is 4.91. The van der Waals surface area contributed by atoms with Crippen molar-refractivity contribution in [3.63, 3.8) is 0 Å². The molecule has 0 bridgehead atoms. The maximum absolute atomic E-state index is 12.3. The first-order valence-corrected chi connectivity index (χ1v) is 6.83. The Labute approximate surface area is 113 Å². The van der Waals surface area contributed by atoms with E-state index in [9.17, 15) is 4.79 Å². The first kappa shape index (κ1) is 14.0. The van der Waals surface area contributed by atoms with Gasteiger partial charge in [-0.3, -0.25) is 9.89 Å². The van der Waals surface area contributed by atoms with Gasteiger partial charge in [-0.1, -0.05) is 0 Å². The molecule has 0 aliphatic carbocycles. The van der Waals surface area contributed by atoms with Crippen molar-refractivity contribution < 1.29 is 9.53 Å². The Bertz CT molecular complexity index is 411. The smallest absolute Gasteiger partial charge is 0.257 e. The second-order valence-corrected chi connectivity index (χ2v) is 4.91. The van der Waals surface area contributed by atoms with Crippen LogP contribution < -0.4 is 5.73 Å². The molecule has 1 aromatic rings.